The van der Waals surface area contributed by atoms with E-state index in [1.165, 1.54) is 11.3 Å². The molecule has 0 spiro atoms. The van der Waals surface area contributed by atoms with Crippen molar-refractivity contribution in [1.82, 2.24) is 14.9 Å². The number of hydrogen-bond donors (Lipinski definition) is 1. The molecular weight excluding hydrogens is 366 g/mol. The van der Waals surface area contributed by atoms with Gasteiger partial charge in [0.2, 0.25) is 0 Å². The summed E-state index contributed by atoms with van der Waals surface area (Å²) in [6, 6.07) is 13.9. The molecule has 0 radical (unpaired) electrons. The van der Waals surface area contributed by atoms with Gasteiger partial charge in [0.1, 0.15) is 23.1 Å². The fourth-order valence-corrected chi connectivity index (χ4v) is 3.51. The molecule has 1 fully saturated rings. The topological polar surface area (TPSA) is 74.5 Å². The highest BCUT2D eigenvalue weighted by molar-refractivity contribution is 5.93. The normalized spacial score (nSPS) is 14.1. The molecule has 29 heavy (non-hydrogen) atoms. The molecule has 1 aliphatic heterocycles. The van der Waals surface area contributed by atoms with Gasteiger partial charge in [0.05, 0.1) is 12.8 Å². The third kappa shape index (κ3) is 4.56. The fraction of sp³-hybridized carbons (Fsp3) is 0.318. The van der Waals surface area contributed by atoms with Crippen LogP contribution in [0.2, 0.25) is 0 Å². The van der Waals surface area contributed by atoms with Gasteiger partial charge in [0, 0.05) is 37.9 Å². The fourth-order valence-electron chi connectivity index (χ4n) is 3.51. The highest BCUT2D eigenvalue weighted by Crippen LogP contribution is 2.19. The Morgan fingerprint density at radius 3 is 2.62 bits per heavy atom. The number of carbonyl (C=O) groups is 1. The van der Waals surface area contributed by atoms with E-state index in [0.717, 1.165) is 18.8 Å². The Morgan fingerprint density at radius 1 is 1.07 bits per heavy atom. The van der Waals surface area contributed by atoms with Crippen molar-refractivity contribution in [2.75, 3.05) is 36.4 Å². The van der Waals surface area contributed by atoms with E-state index < -0.39 is 0 Å². The lowest BCUT2D eigenvalue weighted by molar-refractivity contribution is 0.0740. The van der Waals surface area contributed by atoms with E-state index in [1.807, 2.05) is 17.0 Å². The molecule has 1 amide bonds. The summed E-state index contributed by atoms with van der Waals surface area (Å²) in [6.07, 6.45) is 1.63. The zero-order valence-electron chi connectivity index (χ0n) is 16.8. The number of aromatic nitrogens is 2. The zero-order valence-corrected chi connectivity index (χ0v) is 16.8. The Balaban J connectivity index is 1.40. The minimum absolute atomic E-state index is 0.0551. The quantitative estimate of drug-likeness (QED) is 0.720. The number of furan rings is 1. The first kappa shape index (κ1) is 19.0. The summed E-state index contributed by atoms with van der Waals surface area (Å²) in [5.74, 6) is 1.94. The number of hydrogen-bond acceptors (Lipinski definition) is 6. The molecule has 3 heterocycles. The molecule has 0 unspecified atom stereocenters. The predicted molar refractivity (Wildman–Crippen MR) is 112 cm³/mol. The first-order valence-electron chi connectivity index (χ1n) is 9.81. The number of carbonyl (C=O) groups excluding carboxylic acids is 1. The van der Waals surface area contributed by atoms with Crippen LogP contribution in [0.5, 0.6) is 0 Å². The Morgan fingerprint density at radius 2 is 1.90 bits per heavy atom. The van der Waals surface area contributed by atoms with Gasteiger partial charge in [-0.05, 0) is 43.7 Å². The lowest BCUT2D eigenvalue weighted by Gasteiger charge is -2.36. The van der Waals surface area contributed by atoms with E-state index in [-0.39, 0.29) is 5.91 Å². The average molecular weight is 391 g/mol. The third-order valence-electron chi connectivity index (χ3n) is 5.01. The SMILES string of the molecule is Cc1cccc(N2CCN(C(=O)c3cc(NCc4ccco4)nc(C)n3)CC2)c1. The Labute approximate surface area is 170 Å². The summed E-state index contributed by atoms with van der Waals surface area (Å²) in [7, 11) is 0. The molecule has 1 aromatic carbocycles. The summed E-state index contributed by atoms with van der Waals surface area (Å²) in [5, 5.41) is 3.20. The van der Waals surface area contributed by atoms with Gasteiger partial charge >= 0.3 is 0 Å². The summed E-state index contributed by atoms with van der Waals surface area (Å²) in [4.78, 5) is 25.9. The van der Waals surface area contributed by atoms with Gasteiger partial charge < -0.3 is 19.5 Å². The number of nitrogens with one attached hydrogen (secondary N) is 1. The summed E-state index contributed by atoms with van der Waals surface area (Å²) in [6.45, 7) is 7.36. The average Bonchev–Trinajstić information content (AvgIpc) is 3.25. The molecule has 150 valence electrons. The molecule has 7 nitrogen and oxygen atoms in total. The largest absolute Gasteiger partial charge is 0.467 e. The molecule has 1 aliphatic rings. The zero-order chi connectivity index (χ0) is 20.2. The van der Waals surface area contributed by atoms with Crippen LogP contribution in [-0.4, -0.2) is 47.0 Å². The standard InChI is InChI=1S/C22H25N5O2/c1-16-5-3-6-18(13-16)26-8-10-27(11-9-26)22(28)20-14-21(25-17(2)24-20)23-15-19-7-4-12-29-19/h3-7,12-14H,8-11,15H2,1-2H3,(H,23,24,25). The van der Waals surface area contributed by atoms with E-state index in [0.29, 0.717) is 37.0 Å². The van der Waals surface area contributed by atoms with Gasteiger partial charge in [-0.1, -0.05) is 12.1 Å². The molecule has 1 N–H and O–H groups in total. The van der Waals surface area contributed by atoms with Crippen LogP contribution in [0.3, 0.4) is 0 Å². The highest BCUT2D eigenvalue weighted by atomic mass is 16.3. The second-order valence-corrected chi connectivity index (χ2v) is 7.24. The lowest BCUT2D eigenvalue weighted by atomic mass is 10.2. The van der Waals surface area contributed by atoms with Crippen molar-refractivity contribution >= 4 is 17.4 Å². The Bertz CT molecular complexity index is 979. The molecule has 1 saturated heterocycles. The summed E-state index contributed by atoms with van der Waals surface area (Å²) in [5.41, 5.74) is 2.87. The van der Waals surface area contributed by atoms with Crippen molar-refractivity contribution in [1.29, 1.82) is 0 Å². The molecule has 0 saturated carbocycles. The lowest BCUT2D eigenvalue weighted by Crippen LogP contribution is -2.49. The molecule has 0 aliphatic carbocycles. The smallest absolute Gasteiger partial charge is 0.272 e. The maximum absolute atomic E-state index is 13.0. The van der Waals surface area contributed by atoms with Crippen LogP contribution in [0.1, 0.15) is 27.6 Å². The van der Waals surface area contributed by atoms with Crippen molar-refractivity contribution in [3.63, 3.8) is 0 Å². The predicted octanol–water partition coefficient (Wildman–Crippen LogP) is 3.26. The van der Waals surface area contributed by atoms with Crippen LogP contribution in [0.4, 0.5) is 11.5 Å². The number of aryl methyl sites for hydroxylation is 2. The molecule has 4 rings (SSSR count). The molecule has 0 bridgehead atoms. The first-order valence-corrected chi connectivity index (χ1v) is 9.81. The van der Waals surface area contributed by atoms with Crippen molar-refractivity contribution in [3.8, 4) is 0 Å². The van der Waals surface area contributed by atoms with Gasteiger partial charge in [-0.25, -0.2) is 9.97 Å². The van der Waals surface area contributed by atoms with Crippen LogP contribution in [-0.2, 0) is 6.54 Å². The molecule has 0 atom stereocenters. The van der Waals surface area contributed by atoms with Crippen LogP contribution in [0.15, 0.2) is 53.1 Å². The van der Waals surface area contributed by atoms with E-state index in [2.05, 4.69) is 51.4 Å². The van der Waals surface area contributed by atoms with Crippen LogP contribution in [0, 0.1) is 13.8 Å². The maximum atomic E-state index is 13.0. The number of anilines is 2. The van der Waals surface area contributed by atoms with Crippen LogP contribution < -0.4 is 10.2 Å². The Kier molecular flexibility index (Phi) is 5.46. The summed E-state index contributed by atoms with van der Waals surface area (Å²) < 4.78 is 5.33. The third-order valence-corrected chi connectivity index (χ3v) is 5.01. The van der Waals surface area contributed by atoms with Gasteiger partial charge in [-0.15, -0.1) is 0 Å². The van der Waals surface area contributed by atoms with Crippen LogP contribution >= 0.6 is 0 Å². The second kappa shape index (κ2) is 8.34. The van der Waals surface area contributed by atoms with E-state index in [9.17, 15) is 4.79 Å². The van der Waals surface area contributed by atoms with Crippen molar-refractivity contribution in [2.24, 2.45) is 0 Å². The van der Waals surface area contributed by atoms with E-state index in [1.54, 1.807) is 19.3 Å². The minimum atomic E-state index is -0.0551. The van der Waals surface area contributed by atoms with Crippen molar-refractivity contribution in [2.45, 2.75) is 20.4 Å². The van der Waals surface area contributed by atoms with E-state index in [4.69, 9.17) is 4.42 Å². The number of benzene rings is 1. The number of rotatable bonds is 5. The minimum Gasteiger partial charge on any atom is -0.467 e. The highest BCUT2D eigenvalue weighted by Gasteiger charge is 2.24. The van der Waals surface area contributed by atoms with Crippen LogP contribution in [0.25, 0.3) is 0 Å². The maximum Gasteiger partial charge on any atom is 0.272 e. The summed E-state index contributed by atoms with van der Waals surface area (Å²) >= 11 is 0. The van der Waals surface area contributed by atoms with Gasteiger partial charge in [-0.2, -0.15) is 0 Å². The number of nitrogens with zero attached hydrogens (tertiary/aromatic N) is 4. The van der Waals surface area contributed by atoms with Gasteiger partial charge in [0.25, 0.3) is 5.91 Å². The second-order valence-electron chi connectivity index (χ2n) is 7.24. The van der Waals surface area contributed by atoms with Crippen molar-refractivity contribution in [3.05, 3.63) is 71.6 Å². The first-order chi connectivity index (χ1) is 14.1. The molecule has 7 heteroatoms. The monoisotopic (exact) mass is 391 g/mol. The van der Waals surface area contributed by atoms with E-state index >= 15 is 0 Å². The number of amides is 1. The van der Waals surface area contributed by atoms with Gasteiger partial charge in [-0.3, -0.25) is 4.79 Å². The van der Waals surface area contributed by atoms with Crippen molar-refractivity contribution < 1.29 is 9.21 Å². The molecule has 2 aromatic heterocycles. The Hall–Kier alpha value is -3.35. The number of piperazine rings is 1. The molecular formula is C22H25N5O2. The van der Waals surface area contributed by atoms with Gasteiger partial charge in [0.15, 0.2) is 0 Å². The molecule has 3 aromatic rings.